The normalized spacial score (nSPS) is 25.0. The lowest BCUT2D eigenvalue weighted by Crippen LogP contribution is -2.50. The molecule has 4 N–H and O–H groups in total. The van der Waals surface area contributed by atoms with Crippen molar-refractivity contribution in [3.05, 3.63) is 69.6 Å². The van der Waals surface area contributed by atoms with Gasteiger partial charge in [-0.2, -0.15) is 0 Å². The van der Waals surface area contributed by atoms with Crippen molar-refractivity contribution in [2.24, 2.45) is 17.0 Å². The molecule has 0 aromatic heterocycles. The summed E-state index contributed by atoms with van der Waals surface area (Å²) in [6, 6.07) is 11.1. The van der Waals surface area contributed by atoms with E-state index in [0.717, 1.165) is 43.2 Å². The summed E-state index contributed by atoms with van der Waals surface area (Å²) in [6.07, 6.45) is 5.28. The molecule has 3 aliphatic rings. The van der Waals surface area contributed by atoms with E-state index in [1.54, 1.807) is 18.2 Å². The summed E-state index contributed by atoms with van der Waals surface area (Å²) in [6.45, 7) is 1.89. The number of nitrogens with two attached hydrogens (primary N) is 1. The maximum atomic E-state index is 11.8. The summed E-state index contributed by atoms with van der Waals surface area (Å²) >= 11 is 6.33. The van der Waals surface area contributed by atoms with Crippen LogP contribution in [-0.2, 0) is 26.6 Å². The third-order valence-corrected chi connectivity index (χ3v) is 9.31. The molecule has 4 atom stereocenters. The molecule has 0 saturated heterocycles. The van der Waals surface area contributed by atoms with Crippen LogP contribution >= 0.6 is 11.6 Å². The van der Waals surface area contributed by atoms with Gasteiger partial charge in [-0.25, -0.2) is 18.4 Å². The van der Waals surface area contributed by atoms with Crippen molar-refractivity contribution in [1.29, 1.82) is 0 Å². The Hall–Kier alpha value is -2.63. The van der Waals surface area contributed by atoms with Crippen LogP contribution < -0.4 is 14.8 Å². The number of anilines is 1. The fraction of sp³-hybridized carbons (Fsp3) is 0.483. The first kappa shape index (κ1) is 28.9. The van der Waals surface area contributed by atoms with Crippen molar-refractivity contribution in [3.63, 3.8) is 0 Å². The van der Waals surface area contributed by atoms with E-state index in [-0.39, 0.29) is 36.0 Å². The van der Waals surface area contributed by atoms with Gasteiger partial charge in [0.2, 0.25) is 10.0 Å². The molecule has 1 spiro atoms. The highest BCUT2D eigenvalue weighted by Crippen LogP contribution is 2.46. The Morgan fingerprint density at radius 3 is 2.83 bits per heavy atom. The maximum Gasteiger partial charge on any atom is 0.335 e. The molecule has 216 valence electrons. The smallest absolute Gasteiger partial charge is 0.335 e. The number of carbonyl (C=O) groups is 1. The lowest BCUT2D eigenvalue weighted by atomic mass is 9.68. The van der Waals surface area contributed by atoms with E-state index in [2.05, 4.69) is 11.0 Å². The van der Waals surface area contributed by atoms with Gasteiger partial charge in [0, 0.05) is 28.9 Å². The molecule has 2 aromatic carbocycles. The van der Waals surface area contributed by atoms with E-state index in [9.17, 15) is 23.4 Å². The number of aliphatic hydroxyl groups excluding tert-OH is 1. The molecule has 0 unspecified atom stereocenters. The summed E-state index contributed by atoms with van der Waals surface area (Å²) < 4.78 is 33.9. The Balaban J connectivity index is 1.37. The fourth-order valence-corrected chi connectivity index (χ4v) is 6.95. The lowest BCUT2D eigenvalue weighted by Gasteiger charge is -2.45. The van der Waals surface area contributed by atoms with Crippen molar-refractivity contribution in [3.8, 4) is 5.75 Å². The molecule has 1 saturated carbocycles. The molecule has 2 aliphatic carbocycles. The highest BCUT2D eigenvalue weighted by molar-refractivity contribution is 7.92. The zero-order valence-electron chi connectivity index (χ0n) is 22.2. The average Bonchev–Trinajstić information content (AvgIpc) is 3.02. The van der Waals surface area contributed by atoms with Gasteiger partial charge in [0.15, 0.2) is 0 Å². The molecule has 11 heteroatoms. The number of aryl methyl sites for hydroxylation is 1. The monoisotopic (exact) mass is 590 g/mol. The minimum Gasteiger partial charge on any atom is -0.490 e. The first-order chi connectivity index (χ1) is 19.0. The Morgan fingerprint density at radius 1 is 1.27 bits per heavy atom. The summed E-state index contributed by atoms with van der Waals surface area (Å²) in [5.41, 5.74) is 3.13. The van der Waals surface area contributed by atoms with Gasteiger partial charge < -0.3 is 24.6 Å². The van der Waals surface area contributed by atoms with E-state index in [0.29, 0.717) is 30.5 Å². The topological polar surface area (TPSA) is 139 Å². The second kappa shape index (κ2) is 11.7. The lowest BCUT2D eigenvalue weighted by molar-refractivity contribution is -0.0367. The number of ether oxygens (including phenoxy) is 2. The zero-order valence-corrected chi connectivity index (χ0v) is 23.7. The van der Waals surface area contributed by atoms with E-state index in [4.69, 9.17) is 26.2 Å². The molecule has 1 aliphatic heterocycles. The van der Waals surface area contributed by atoms with E-state index in [1.807, 2.05) is 12.1 Å². The Morgan fingerprint density at radius 2 is 2.10 bits per heavy atom. The number of aromatic carboxylic acids is 1. The van der Waals surface area contributed by atoms with Gasteiger partial charge in [0.05, 0.1) is 37.2 Å². The fourth-order valence-electron chi connectivity index (χ4n) is 6.41. The van der Waals surface area contributed by atoms with E-state index in [1.165, 1.54) is 17.2 Å². The van der Waals surface area contributed by atoms with Crippen LogP contribution in [0.3, 0.4) is 0 Å². The van der Waals surface area contributed by atoms with Gasteiger partial charge in [-0.05, 0) is 91.5 Å². The van der Waals surface area contributed by atoms with Crippen LogP contribution in [-0.4, -0.2) is 63.6 Å². The van der Waals surface area contributed by atoms with Crippen molar-refractivity contribution >= 4 is 33.3 Å². The molecule has 0 bridgehead atoms. The molecule has 9 nitrogen and oxygen atoms in total. The maximum absolute atomic E-state index is 11.8. The molecular weight excluding hydrogens is 556 g/mol. The van der Waals surface area contributed by atoms with Gasteiger partial charge in [-0.15, -0.1) is 0 Å². The molecule has 40 heavy (non-hydrogen) atoms. The Kier molecular flexibility index (Phi) is 8.45. The number of fused-ring (bicyclic) bond motifs is 3. The number of hydrogen-bond acceptors (Lipinski definition) is 7. The van der Waals surface area contributed by atoms with E-state index >= 15 is 0 Å². The summed E-state index contributed by atoms with van der Waals surface area (Å²) in [7, 11) is -3.71. The number of benzene rings is 2. The minimum absolute atomic E-state index is 0.00546. The predicted octanol–water partition coefficient (Wildman–Crippen LogP) is 3.72. The number of primary sulfonamides is 1. The Bertz CT molecular complexity index is 1400. The summed E-state index contributed by atoms with van der Waals surface area (Å²) in [4.78, 5) is 14.1. The largest absolute Gasteiger partial charge is 0.490 e. The molecule has 0 radical (unpaired) electrons. The molecule has 0 amide bonds. The molecule has 2 aromatic rings. The summed E-state index contributed by atoms with van der Waals surface area (Å²) in [5, 5.41) is 27.1. The van der Waals surface area contributed by atoms with Crippen LogP contribution in [0, 0.1) is 11.8 Å². The van der Waals surface area contributed by atoms with Gasteiger partial charge in [-0.3, -0.25) is 0 Å². The van der Waals surface area contributed by atoms with Crippen LogP contribution in [0.1, 0.15) is 47.2 Å². The Labute approximate surface area is 239 Å². The van der Waals surface area contributed by atoms with Crippen LogP contribution in [0.5, 0.6) is 5.75 Å². The predicted molar refractivity (Wildman–Crippen MR) is 152 cm³/mol. The number of carboxylic acid groups (broad SMARTS) is 1. The van der Waals surface area contributed by atoms with Crippen LogP contribution in [0.25, 0.3) is 0 Å². The number of nitrogens with zero attached hydrogens (tertiary/aromatic N) is 1. The zero-order chi connectivity index (χ0) is 28.5. The SMILES string of the molecule is NS(=O)(=O)/C=C/COC[C@@H](O)[C@@H]1CC[C@H]1CN1C[C@@]2(CCCc3cc(Cl)ccc32)COc2ccc(C(=O)O)cc21. The highest BCUT2D eigenvalue weighted by atomic mass is 35.5. The first-order valence-electron chi connectivity index (χ1n) is 13.5. The molecular formula is C29H35ClN2O7S. The average molecular weight is 591 g/mol. The number of rotatable bonds is 9. The van der Waals surface area contributed by atoms with Crippen molar-refractivity contribution in [2.75, 3.05) is 37.8 Å². The molecule has 5 rings (SSSR count). The minimum atomic E-state index is -3.71. The first-order valence-corrected chi connectivity index (χ1v) is 15.5. The second-order valence-corrected chi connectivity index (χ2v) is 13.0. The van der Waals surface area contributed by atoms with Gasteiger partial charge in [0.1, 0.15) is 5.75 Å². The van der Waals surface area contributed by atoms with Gasteiger partial charge in [-0.1, -0.05) is 17.7 Å². The summed E-state index contributed by atoms with van der Waals surface area (Å²) in [5.74, 6) is -0.163. The number of sulfonamides is 1. The van der Waals surface area contributed by atoms with Crippen molar-refractivity contribution in [2.45, 2.75) is 43.6 Å². The van der Waals surface area contributed by atoms with Crippen LogP contribution in [0.15, 0.2) is 47.9 Å². The van der Waals surface area contributed by atoms with E-state index < -0.39 is 22.1 Å². The molecule has 1 fully saturated rings. The second-order valence-electron chi connectivity index (χ2n) is 11.2. The number of hydrogen-bond donors (Lipinski definition) is 3. The number of carboxylic acids is 1. The van der Waals surface area contributed by atoms with Gasteiger partial charge in [0.25, 0.3) is 0 Å². The third-order valence-electron chi connectivity index (χ3n) is 8.50. The van der Waals surface area contributed by atoms with Crippen LogP contribution in [0.4, 0.5) is 5.69 Å². The van der Waals surface area contributed by atoms with Crippen molar-refractivity contribution < 1.29 is 32.9 Å². The van der Waals surface area contributed by atoms with Crippen molar-refractivity contribution in [1.82, 2.24) is 0 Å². The highest BCUT2D eigenvalue weighted by Gasteiger charge is 2.44. The number of aliphatic hydroxyl groups is 1. The standard InChI is InChI=1S/C29H35ClN2O7S/c30-22-6-8-24-19(13-22)3-1-10-29(24)17-32(25-14-20(28(34)35)5-9-27(25)39-18-29)15-21-4-7-23(21)26(33)16-38-11-2-12-40(31,36)37/h2,5-6,8-9,12-14,21,23,26,33H,1,3-4,7,10-11,15-18H2,(H,34,35)(H2,31,36,37)/b12-2+/t21-,23+,26+,29-/m0/s1. The van der Waals surface area contributed by atoms with Gasteiger partial charge >= 0.3 is 5.97 Å². The third kappa shape index (κ3) is 6.31. The molecule has 1 heterocycles. The van der Waals surface area contributed by atoms with Crippen LogP contribution in [0.2, 0.25) is 5.02 Å². The quantitative estimate of drug-likeness (QED) is 0.376. The number of halogens is 1.